The van der Waals surface area contributed by atoms with Crippen molar-refractivity contribution in [3.8, 4) is 22.4 Å². The van der Waals surface area contributed by atoms with Crippen molar-refractivity contribution < 1.29 is 53.2 Å². The molecule has 61 heavy (non-hydrogen) atoms. The molecule has 16 heteroatoms. The lowest BCUT2D eigenvalue weighted by Gasteiger charge is -2.26. The minimum Gasteiger partial charge on any atom is -0.385 e. The number of nitrogens with zero attached hydrogens (tertiary/aromatic N) is 3. The van der Waals surface area contributed by atoms with Crippen LogP contribution in [0, 0.1) is 6.92 Å². The van der Waals surface area contributed by atoms with Gasteiger partial charge in [0.2, 0.25) is 0 Å². The van der Waals surface area contributed by atoms with Crippen molar-refractivity contribution in [2.24, 2.45) is 9.98 Å². The number of rotatable bonds is 11. The van der Waals surface area contributed by atoms with Gasteiger partial charge in [0.05, 0.1) is 5.71 Å². The zero-order valence-electron chi connectivity index (χ0n) is 34.2. The van der Waals surface area contributed by atoms with Crippen LogP contribution in [0.4, 0.5) is 49.7 Å². The monoisotopic (exact) mass is 857 g/mol. The first kappa shape index (κ1) is 45.3. The number of amidine groups is 1. The molecule has 0 aliphatic carbocycles. The van der Waals surface area contributed by atoms with Crippen molar-refractivity contribution in [1.82, 2.24) is 4.48 Å². The van der Waals surface area contributed by atoms with Gasteiger partial charge in [-0.25, -0.2) is 9.98 Å². The van der Waals surface area contributed by atoms with Gasteiger partial charge in [-0.05, 0) is 46.1 Å². The molecule has 0 radical (unpaired) electrons. The maximum absolute atomic E-state index is 14.6. The van der Waals surface area contributed by atoms with Crippen molar-refractivity contribution in [2.75, 3.05) is 13.2 Å². The van der Waals surface area contributed by atoms with E-state index in [1.165, 1.54) is 6.07 Å². The second-order valence-electron chi connectivity index (χ2n) is 16.9. The maximum Gasteiger partial charge on any atom is 0.599 e. The number of halogens is 10. The van der Waals surface area contributed by atoms with Crippen LogP contribution in [-0.4, -0.2) is 60.7 Å². The van der Waals surface area contributed by atoms with E-state index in [4.69, 9.17) is 19.3 Å². The van der Waals surface area contributed by atoms with Gasteiger partial charge >= 0.3 is 31.5 Å². The average Bonchev–Trinajstić information content (AvgIpc) is 3.72. The van der Waals surface area contributed by atoms with E-state index in [-0.39, 0.29) is 39.3 Å². The van der Waals surface area contributed by atoms with E-state index >= 15 is 0 Å². The number of fused-ring (bicyclic) bond motifs is 1. The lowest BCUT2D eigenvalue weighted by atomic mass is 9.86. The molecule has 1 aliphatic rings. The van der Waals surface area contributed by atoms with Gasteiger partial charge in [-0.3, -0.25) is 0 Å². The normalized spacial score (nSPS) is 14.7. The van der Waals surface area contributed by atoms with Crippen molar-refractivity contribution in [3.63, 3.8) is 0 Å². The van der Waals surface area contributed by atoms with Crippen molar-refractivity contribution >= 4 is 24.6 Å². The smallest absolute Gasteiger partial charge is 0.385 e. The van der Waals surface area contributed by atoms with Crippen LogP contribution < -0.4 is 0 Å². The summed E-state index contributed by atoms with van der Waals surface area (Å²) in [6, 6.07) is 29.4. The Bertz CT molecular complexity index is 2390. The lowest BCUT2D eigenvalue weighted by Crippen LogP contribution is -2.47. The Morgan fingerprint density at radius 1 is 0.557 bits per heavy atom. The summed E-state index contributed by atoms with van der Waals surface area (Å²) >= 11 is 0. The molecule has 0 atom stereocenters. The summed E-state index contributed by atoms with van der Waals surface area (Å²) in [5.74, 6) is -11.5. The number of hydrogen-bond acceptors (Lipinski definition) is 3. The average molecular weight is 858 g/mol. The Labute approximate surface area is 347 Å². The highest BCUT2D eigenvalue weighted by Gasteiger charge is 2.60. The molecule has 0 saturated carbocycles. The van der Waals surface area contributed by atoms with E-state index in [1.54, 1.807) is 72.8 Å². The molecule has 5 aromatic rings. The highest BCUT2D eigenvalue weighted by molar-refractivity contribution is 6.44. The van der Waals surface area contributed by atoms with Crippen LogP contribution in [0.1, 0.15) is 74.9 Å². The van der Waals surface area contributed by atoms with Crippen LogP contribution in [0.3, 0.4) is 0 Å². The highest BCUT2D eigenvalue weighted by Crippen LogP contribution is 2.43. The molecule has 0 spiro atoms. The Hall–Kier alpha value is -5.22. The van der Waals surface area contributed by atoms with E-state index in [9.17, 15) is 43.9 Å². The fourth-order valence-electron chi connectivity index (χ4n) is 6.51. The van der Waals surface area contributed by atoms with Crippen LogP contribution in [0.15, 0.2) is 113 Å². The quantitative estimate of drug-likeness (QED) is 0.0981. The minimum absolute atomic E-state index is 0.00714. The Morgan fingerprint density at radius 3 is 1.46 bits per heavy atom. The van der Waals surface area contributed by atoms with Gasteiger partial charge in [0, 0.05) is 27.9 Å². The molecule has 322 valence electrons. The lowest BCUT2D eigenvalue weighted by molar-refractivity contribution is -0.295. The molecule has 1 aliphatic heterocycles. The first-order valence-electron chi connectivity index (χ1n) is 19.1. The topological polar surface area (TPSA) is 48.1 Å². The molecule has 1 aromatic heterocycles. The van der Waals surface area contributed by atoms with Crippen LogP contribution in [-0.2, 0) is 20.1 Å². The second-order valence-corrected chi connectivity index (χ2v) is 16.9. The molecular formula is C45H42BF10N3O2. The number of aromatic nitrogens is 1. The van der Waals surface area contributed by atoms with Gasteiger partial charge in [-0.2, -0.15) is 43.9 Å². The minimum atomic E-state index is -6.19. The fraction of sp³-hybridized carbons (Fsp3) is 0.333. The summed E-state index contributed by atoms with van der Waals surface area (Å²) in [6.45, 7) is 8.60. The Morgan fingerprint density at radius 2 is 1.00 bits per heavy atom. The number of hydrogen-bond donors (Lipinski definition) is 0. The zero-order valence-corrected chi connectivity index (χ0v) is 34.2. The summed E-state index contributed by atoms with van der Waals surface area (Å²) in [5.41, 5.74) is 4.97. The standard InChI is InChI=1S/C45H42BF10N3O2/c1-27-12-14-30(15-13-27)37-33-10-8-9-11-34(33)38(57-37)58-39-35(28-16-20-31(21-17-28)40(2,3)4)24-36(29-18-22-32(23-19-29)41(5,6)7)59(39)46(60-25-42(47,48)44(51,52)53)61-26-43(49,50)45(54,55)56/h8-24H,25-26H2,1-7H3/b58-38-. The molecule has 2 heterocycles. The summed E-state index contributed by atoms with van der Waals surface area (Å²) in [7, 11) is -2.77. The van der Waals surface area contributed by atoms with E-state index in [0.717, 1.165) is 21.2 Å². The van der Waals surface area contributed by atoms with Crippen molar-refractivity contribution in [3.05, 3.63) is 137 Å². The molecule has 0 fully saturated rings. The summed E-state index contributed by atoms with van der Waals surface area (Å²) < 4.78 is 150. The number of benzene rings is 4. The third kappa shape index (κ3) is 9.65. The van der Waals surface area contributed by atoms with Gasteiger partial charge < -0.3 is 13.8 Å². The molecule has 0 bridgehead atoms. The predicted molar refractivity (Wildman–Crippen MR) is 217 cm³/mol. The number of aliphatic imine (C=N–C) groups is 2. The summed E-state index contributed by atoms with van der Waals surface area (Å²) in [5, 5.41) is 0. The first-order chi connectivity index (χ1) is 28.2. The van der Waals surface area contributed by atoms with Crippen LogP contribution in [0.2, 0.25) is 0 Å². The van der Waals surface area contributed by atoms with Gasteiger partial charge in [0.15, 0.2) is 5.84 Å². The third-order valence-electron chi connectivity index (χ3n) is 10.2. The number of aryl methyl sites for hydroxylation is 1. The molecule has 0 amide bonds. The predicted octanol–water partition coefficient (Wildman–Crippen LogP) is 12.9. The van der Waals surface area contributed by atoms with Crippen molar-refractivity contribution in [1.29, 1.82) is 0 Å². The SMILES string of the molecule is Cc1ccc(C2=N/C(=N\c3c(-c4ccc(C(C)(C)C)cc4)cc(-c4ccc(C(C)(C)C)cc4)n3B(OCC(F)(F)C(F)(F)F)OCC(F)(F)C(F)(F)F)c3ccccc32)cc1. The largest absolute Gasteiger partial charge is 0.599 e. The van der Waals surface area contributed by atoms with E-state index in [1.807, 2.05) is 72.7 Å². The maximum atomic E-state index is 14.6. The fourth-order valence-corrected chi connectivity index (χ4v) is 6.51. The van der Waals surface area contributed by atoms with Crippen molar-refractivity contribution in [2.45, 2.75) is 83.5 Å². The van der Waals surface area contributed by atoms with E-state index in [0.29, 0.717) is 28.0 Å². The van der Waals surface area contributed by atoms with Crippen LogP contribution >= 0.6 is 0 Å². The van der Waals surface area contributed by atoms with Crippen LogP contribution in [0.5, 0.6) is 0 Å². The van der Waals surface area contributed by atoms with Crippen LogP contribution in [0.25, 0.3) is 22.4 Å². The summed E-state index contributed by atoms with van der Waals surface area (Å²) in [4.78, 5) is 9.69. The highest BCUT2D eigenvalue weighted by atomic mass is 19.4. The second kappa shape index (κ2) is 16.2. The molecular weight excluding hydrogens is 815 g/mol. The molecule has 5 nitrogen and oxygen atoms in total. The molecule has 4 aromatic carbocycles. The summed E-state index contributed by atoms with van der Waals surface area (Å²) in [6.07, 6.45) is -12.4. The van der Waals surface area contributed by atoms with Gasteiger partial charge in [-0.1, -0.05) is 144 Å². The van der Waals surface area contributed by atoms with Gasteiger partial charge in [0.1, 0.15) is 19.0 Å². The molecule has 0 N–H and O–H groups in total. The van der Waals surface area contributed by atoms with E-state index in [2.05, 4.69) is 0 Å². The van der Waals surface area contributed by atoms with E-state index < -0.39 is 44.7 Å². The Balaban J connectivity index is 1.68. The molecule has 0 unspecified atom stereocenters. The first-order valence-corrected chi connectivity index (χ1v) is 19.1. The van der Waals surface area contributed by atoms with Gasteiger partial charge in [0.25, 0.3) is 0 Å². The van der Waals surface area contributed by atoms with Gasteiger partial charge in [-0.15, -0.1) is 0 Å². The molecule has 6 rings (SSSR count). The number of alkyl halides is 10. The third-order valence-corrected chi connectivity index (χ3v) is 10.2. The molecule has 0 saturated heterocycles. The zero-order chi connectivity index (χ0) is 44.9. The Kier molecular flexibility index (Phi) is 12.1.